The fourth-order valence-electron chi connectivity index (χ4n) is 3.18. The monoisotopic (exact) mass is 418 g/mol. The molecule has 2 N–H and O–H groups in total. The molecule has 3 aromatic rings. The number of carbonyl (C=O) groups excluding carboxylic acids is 1. The smallest absolute Gasteiger partial charge is 0.251 e. The van der Waals surface area contributed by atoms with Gasteiger partial charge in [-0.05, 0) is 42.0 Å². The number of nitrogens with one attached hydrogen (secondary N) is 1. The molecular formula is C21H23FN2O4S. The van der Waals surface area contributed by atoms with Crippen molar-refractivity contribution in [2.45, 2.75) is 24.4 Å². The van der Waals surface area contributed by atoms with Crippen molar-refractivity contribution in [2.24, 2.45) is 0 Å². The maximum absolute atomic E-state index is 12.7. The molecule has 1 amide bonds. The molecule has 0 spiro atoms. The molecule has 2 aromatic carbocycles. The van der Waals surface area contributed by atoms with E-state index in [0.29, 0.717) is 11.1 Å². The lowest BCUT2D eigenvalue weighted by atomic mass is 10.1. The second-order valence-electron chi connectivity index (χ2n) is 6.65. The fraction of sp³-hybridized carbons (Fsp3) is 0.286. The van der Waals surface area contributed by atoms with Crippen molar-refractivity contribution in [3.05, 3.63) is 65.9 Å². The van der Waals surface area contributed by atoms with Gasteiger partial charge in [0.25, 0.3) is 5.91 Å². The van der Waals surface area contributed by atoms with Crippen LogP contribution in [-0.2, 0) is 16.4 Å². The highest BCUT2D eigenvalue weighted by atomic mass is 32.2. The summed E-state index contributed by atoms with van der Waals surface area (Å²) in [5.41, 5.74) is 1.86. The first-order valence-corrected chi connectivity index (χ1v) is 10.9. The number of halogens is 1. The van der Waals surface area contributed by atoms with E-state index >= 15 is 0 Å². The van der Waals surface area contributed by atoms with E-state index in [1.54, 1.807) is 48.0 Å². The highest BCUT2D eigenvalue weighted by Gasteiger charge is 2.17. The Morgan fingerprint density at radius 3 is 2.52 bits per heavy atom. The first-order valence-electron chi connectivity index (χ1n) is 9.29. The van der Waals surface area contributed by atoms with Crippen LogP contribution in [0, 0.1) is 0 Å². The number of hydrogen-bond donors (Lipinski definition) is 2. The summed E-state index contributed by atoms with van der Waals surface area (Å²) in [4.78, 5) is 12.9. The Morgan fingerprint density at radius 2 is 1.90 bits per heavy atom. The molecule has 0 radical (unpaired) electrons. The van der Waals surface area contributed by atoms with Gasteiger partial charge in [-0.3, -0.25) is 4.79 Å². The van der Waals surface area contributed by atoms with Crippen LogP contribution in [0.2, 0.25) is 0 Å². The fourth-order valence-corrected chi connectivity index (χ4v) is 4.06. The van der Waals surface area contributed by atoms with Crippen LogP contribution in [-0.4, -0.2) is 43.0 Å². The number of aliphatic hydroxyl groups is 1. The zero-order valence-corrected chi connectivity index (χ0v) is 16.8. The van der Waals surface area contributed by atoms with Gasteiger partial charge in [0.1, 0.15) is 6.67 Å². The molecule has 29 heavy (non-hydrogen) atoms. The number of aliphatic hydroxyl groups excluding tert-OH is 1. The average molecular weight is 418 g/mol. The van der Waals surface area contributed by atoms with Crippen molar-refractivity contribution >= 4 is 26.6 Å². The maximum Gasteiger partial charge on any atom is 0.251 e. The number of aryl methyl sites for hydroxylation is 1. The van der Waals surface area contributed by atoms with Crippen LogP contribution in [0.25, 0.3) is 10.9 Å². The summed E-state index contributed by atoms with van der Waals surface area (Å²) >= 11 is 0. The Labute approximate surface area is 168 Å². The van der Waals surface area contributed by atoms with Crippen molar-refractivity contribution in [1.29, 1.82) is 0 Å². The molecule has 0 bridgehead atoms. The number of fused-ring (bicyclic) bond motifs is 1. The van der Waals surface area contributed by atoms with Gasteiger partial charge in [-0.1, -0.05) is 19.1 Å². The first kappa shape index (κ1) is 21.0. The van der Waals surface area contributed by atoms with Gasteiger partial charge < -0.3 is 15.0 Å². The molecular weight excluding hydrogens is 395 g/mol. The number of nitrogens with zero attached hydrogens (tertiary/aromatic N) is 1. The van der Waals surface area contributed by atoms with Gasteiger partial charge >= 0.3 is 0 Å². The number of carbonyl (C=O) groups is 1. The van der Waals surface area contributed by atoms with Crippen molar-refractivity contribution in [2.75, 3.05) is 19.0 Å². The summed E-state index contributed by atoms with van der Waals surface area (Å²) in [6.07, 6.45) is 1.77. The molecule has 0 aliphatic rings. The van der Waals surface area contributed by atoms with E-state index < -0.39 is 22.6 Å². The topological polar surface area (TPSA) is 88.4 Å². The molecule has 0 unspecified atom stereocenters. The standard InChI is InChI=1S/C21H23FN2O4S/c1-2-29(27,28)18-6-3-15(4-7-18)19(14-25)23-21(26)17-5-8-20-16(13-17)9-11-24(20)12-10-22/h3-9,11,13,19,25H,2,10,12,14H2,1H3,(H,23,26)/t19-/m0/s1. The van der Waals surface area contributed by atoms with Crippen molar-refractivity contribution < 1.29 is 22.7 Å². The molecule has 8 heteroatoms. The molecule has 1 aromatic heterocycles. The van der Waals surface area contributed by atoms with E-state index in [9.17, 15) is 22.7 Å². The van der Waals surface area contributed by atoms with E-state index in [1.165, 1.54) is 12.1 Å². The lowest BCUT2D eigenvalue weighted by Gasteiger charge is -2.17. The third-order valence-corrected chi connectivity index (χ3v) is 6.62. The zero-order valence-electron chi connectivity index (χ0n) is 16.0. The Balaban J connectivity index is 1.78. The predicted molar refractivity (Wildman–Crippen MR) is 109 cm³/mol. The molecule has 0 aliphatic carbocycles. The van der Waals surface area contributed by atoms with Gasteiger partial charge in [0.05, 0.1) is 29.8 Å². The SMILES string of the molecule is CCS(=O)(=O)c1ccc([C@H](CO)NC(=O)c2ccc3c(ccn3CCF)c2)cc1. The van der Waals surface area contributed by atoms with E-state index in [-0.39, 0.29) is 29.7 Å². The van der Waals surface area contributed by atoms with Crippen LogP contribution in [0.4, 0.5) is 4.39 Å². The molecule has 3 rings (SSSR count). The molecule has 0 fully saturated rings. The van der Waals surface area contributed by atoms with Crippen molar-refractivity contribution in [3.8, 4) is 0 Å². The van der Waals surface area contributed by atoms with Crippen LogP contribution in [0.3, 0.4) is 0 Å². The largest absolute Gasteiger partial charge is 0.394 e. The summed E-state index contributed by atoms with van der Waals surface area (Å²) < 4.78 is 38.2. The number of amides is 1. The number of rotatable bonds is 8. The van der Waals surface area contributed by atoms with Gasteiger partial charge in [-0.25, -0.2) is 12.8 Å². The van der Waals surface area contributed by atoms with Crippen LogP contribution in [0.1, 0.15) is 28.9 Å². The summed E-state index contributed by atoms with van der Waals surface area (Å²) in [7, 11) is -3.31. The highest BCUT2D eigenvalue weighted by Crippen LogP contribution is 2.20. The average Bonchev–Trinajstić information content (AvgIpc) is 3.14. The van der Waals surface area contributed by atoms with Crippen LogP contribution < -0.4 is 5.32 Å². The number of sulfone groups is 1. The van der Waals surface area contributed by atoms with Crippen molar-refractivity contribution in [3.63, 3.8) is 0 Å². The molecule has 6 nitrogen and oxygen atoms in total. The van der Waals surface area contributed by atoms with Gasteiger partial charge in [0, 0.05) is 22.7 Å². The second kappa shape index (κ2) is 8.75. The van der Waals surface area contributed by atoms with Gasteiger partial charge in [-0.2, -0.15) is 0 Å². The molecule has 0 aliphatic heterocycles. The van der Waals surface area contributed by atoms with E-state index in [2.05, 4.69) is 5.32 Å². The minimum Gasteiger partial charge on any atom is -0.394 e. The zero-order chi connectivity index (χ0) is 21.0. The highest BCUT2D eigenvalue weighted by molar-refractivity contribution is 7.91. The van der Waals surface area contributed by atoms with Gasteiger partial charge in [0.2, 0.25) is 0 Å². The van der Waals surface area contributed by atoms with E-state index in [1.807, 2.05) is 6.07 Å². The van der Waals surface area contributed by atoms with Gasteiger partial charge in [0.15, 0.2) is 9.84 Å². The van der Waals surface area contributed by atoms with E-state index in [0.717, 1.165) is 10.9 Å². The summed E-state index contributed by atoms with van der Waals surface area (Å²) in [6, 6.07) is 12.4. The molecule has 154 valence electrons. The maximum atomic E-state index is 12.7. The number of alkyl halides is 1. The molecule has 0 saturated heterocycles. The Morgan fingerprint density at radius 1 is 1.17 bits per heavy atom. The predicted octanol–water partition coefficient (Wildman–Crippen LogP) is 2.87. The van der Waals surface area contributed by atoms with Crippen LogP contribution in [0.15, 0.2) is 59.6 Å². The molecule has 1 heterocycles. The summed E-state index contributed by atoms with van der Waals surface area (Å²) in [6.45, 7) is 1.03. The van der Waals surface area contributed by atoms with Crippen molar-refractivity contribution in [1.82, 2.24) is 9.88 Å². The Kier molecular flexibility index (Phi) is 6.34. The third kappa shape index (κ3) is 4.49. The number of benzene rings is 2. The summed E-state index contributed by atoms with van der Waals surface area (Å²) in [5, 5.41) is 13.3. The van der Waals surface area contributed by atoms with Crippen LogP contribution >= 0.6 is 0 Å². The first-order chi connectivity index (χ1) is 13.9. The normalized spacial score (nSPS) is 12.8. The lowest BCUT2D eigenvalue weighted by Crippen LogP contribution is -2.30. The Bertz CT molecular complexity index is 1110. The lowest BCUT2D eigenvalue weighted by molar-refractivity contribution is 0.0916. The van der Waals surface area contributed by atoms with Gasteiger partial charge in [-0.15, -0.1) is 0 Å². The molecule has 0 saturated carbocycles. The third-order valence-electron chi connectivity index (χ3n) is 4.87. The minimum atomic E-state index is -3.31. The van der Waals surface area contributed by atoms with E-state index in [4.69, 9.17) is 0 Å². The molecule has 1 atom stereocenters. The summed E-state index contributed by atoms with van der Waals surface area (Å²) in [5.74, 6) is -0.364. The number of hydrogen-bond acceptors (Lipinski definition) is 4. The quantitative estimate of drug-likeness (QED) is 0.589. The number of aromatic nitrogens is 1. The second-order valence-corrected chi connectivity index (χ2v) is 8.93. The van der Waals surface area contributed by atoms with Crippen LogP contribution in [0.5, 0.6) is 0 Å². The Hall–Kier alpha value is -2.71. The minimum absolute atomic E-state index is 0.00203.